The van der Waals surface area contributed by atoms with Gasteiger partial charge in [-0.15, -0.1) is 0 Å². The van der Waals surface area contributed by atoms with Crippen LogP contribution in [0.4, 0.5) is 0 Å². The molecule has 0 amide bonds. The molecule has 0 fully saturated rings. The first-order valence-electron chi connectivity index (χ1n) is 7.20. The molecule has 0 radical (unpaired) electrons. The zero-order valence-corrected chi connectivity index (χ0v) is 12.5. The largest absolute Gasteiger partial charge is 0.298 e. The summed E-state index contributed by atoms with van der Waals surface area (Å²) in [5.41, 5.74) is 4.17. The van der Waals surface area contributed by atoms with Crippen LogP contribution in [0.25, 0.3) is 27.5 Å². The molecule has 3 heterocycles. The molecule has 0 aliphatic rings. The third-order valence-electron chi connectivity index (χ3n) is 3.95. The summed E-state index contributed by atoms with van der Waals surface area (Å²) < 4.78 is 2.12. The van der Waals surface area contributed by atoms with Gasteiger partial charge in [-0.1, -0.05) is 45.0 Å². The first-order valence-corrected chi connectivity index (χ1v) is 7.20. The van der Waals surface area contributed by atoms with Gasteiger partial charge < -0.3 is 0 Å². The van der Waals surface area contributed by atoms with E-state index in [2.05, 4.69) is 72.8 Å². The summed E-state index contributed by atoms with van der Waals surface area (Å²) in [7, 11) is 0. The molecule has 0 saturated carbocycles. The van der Waals surface area contributed by atoms with Crippen molar-refractivity contribution in [2.75, 3.05) is 0 Å². The van der Waals surface area contributed by atoms with Crippen LogP contribution in [0, 0.1) is 0 Å². The maximum absolute atomic E-state index is 4.84. The van der Waals surface area contributed by atoms with Gasteiger partial charge >= 0.3 is 0 Å². The monoisotopic (exact) mass is 275 g/mol. The quantitative estimate of drug-likeness (QED) is 0.478. The molecule has 0 aliphatic carbocycles. The Hall–Kier alpha value is -2.42. The third-order valence-corrected chi connectivity index (χ3v) is 3.95. The van der Waals surface area contributed by atoms with Crippen molar-refractivity contribution in [3.8, 4) is 0 Å². The van der Waals surface area contributed by atoms with E-state index in [1.165, 1.54) is 10.8 Å². The van der Waals surface area contributed by atoms with Gasteiger partial charge in [0.15, 0.2) is 0 Å². The topological polar surface area (TPSA) is 30.2 Å². The van der Waals surface area contributed by atoms with Crippen molar-refractivity contribution in [3.05, 3.63) is 54.5 Å². The highest BCUT2D eigenvalue weighted by Crippen LogP contribution is 2.27. The van der Waals surface area contributed by atoms with Crippen LogP contribution in [-0.4, -0.2) is 14.4 Å². The summed E-state index contributed by atoms with van der Waals surface area (Å²) in [6.07, 6.45) is 4.01. The number of benzene rings is 1. The van der Waals surface area contributed by atoms with Crippen LogP contribution < -0.4 is 0 Å². The standard InChI is InChI=1S/C18H17N3/c1-18(2,3)16-10-14-15(11-19-16)21-9-8-12-6-4-5-7-13(12)17(21)20-14/h4-11H,1-3H3. The predicted molar refractivity (Wildman–Crippen MR) is 86.7 cm³/mol. The number of pyridine rings is 2. The molecule has 0 atom stereocenters. The van der Waals surface area contributed by atoms with Crippen LogP contribution in [0.15, 0.2) is 48.8 Å². The molecule has 1 aromatic carbocycles. The highest BCUT2D eigenvalue weighted by Gasteiger charge is 2.17. The van der Waals surface area contributed by atoms with Gasteiger partial charge in [0, 0.05) is 22.7 Å². The lowest BCUT2D eigenvalue weighted by molar-refractivity contribution is 0.570. The summed E-state index contributed by atoms with van der Waals surface area (Å²) in [4.78, 5) is 9.46. The lowest BCUT2D eigenvalue weighted by Gasteiger charge is -2.16. The van der Waals surface area contributed by atoms with Crippen molar-refractivity contribution in [1.29, 1.82) is 0 Å². The second-order valence-corrected chi connectivity index (χ2v) is 6.52. The predicted octanol–water partition coefficient (Wildman–Crippen LogP) is 4.33. The molecule has 3 heteroatoms. The first kappa shape index (κ1) is 12.3. The number of hydrogen-bond donors (Lipinski definition) is 0. The second-order valence-electron chi connectivity index (χ2n) is 6.52. The first-order chi connectivity index (χ1) is 10.0. The maximum Gasteiger partial charge on any atom is 0.145 e. The molecule has 104 valence electrons. The lowest BCUT2D eigenvalue weighted by Crippen LogP contribution is -2.13. The van der Waals surface area contributed by atoms with E-state index in [1.54, 1.807) is 0 Å². The van der Waals surface area contributed by atoms with E-state index in [0.717, 1.165) is 22.4 Å². The minimum Gasteiger partial charge on any atom is -0.298 e. The number of aromatic nitrogens is 3. The third kappa shape index (κ3) is 1.81. The fourth-order valence-corrected chi connectivity index (χ4v) is 2.75. The molecule has 0 saturated heterocycles. The van der Waals surface area contributed by atoms with Crippen LogP contribution >= 0.6 is 0 Å². The van der Waals surface area contributed by atoms with Gasteiger partial charge in [-0.25, -0.2) is 4.98 Å². The van der Waals surface area contributed by atoms with Crippen molar-refractivity contribution < 1.29 is 0 Å². The Morgan fingerprint density at radius 2 is 1.86 bits per heavy atom. The molecule has 0 N–H and O–H groups in total. The Balaban J connectivity index is 2.12. The Kier molecular flexibility index (Phi) is 2.37. The molecule has 3 aromatic heterocycles. The van der Waals surface area contributed by atoms with E-state index < -0.39 is 0 Å². The zero-order chi connectivity index (χ0) is 14.6. The minimum absolute atomic E-state index is 0.0338. The molecule has 4 rings (SSSR count). The Morgan fingerprint density at radius 1 is 1.05 bits per heavy atom. The van der Waals surface area contributed by atoms with E-state index in [0.29, 0.717) is 0 Å². The molecule has 0 aliphatic heterocycles. The molecular weight excluding hydrogens is 258 g/mol. The number of nitrogens with zero attached hydrogens (tertiary/aromatic N) is 3. The second kappa shape index (κ2) is 4.04. The van der Waals surface area contributed by atoms with Crippen molar-refractivity contribution in [3.63, 3.8) is 0 Å². The van der Waals surface area contributed by atoms with Crippen molar-refractivity contribution in [2.24, 2.45) is 0 Å². The zero-order valence-electron chi connectivity index (χ0n) is 12.5. The Labute approximate surface area is 123 Å². The minimum atomic E-state index is 0.0338. The number of imidazole rings is 1. The van der Waals surface area contributed by atoms with E-state index in [1.807, 2.05) is 6.20 Å². The smallest absolute Gasteiger partial charge is 0.145 e. The fourth-order valence-electron chi connectivity index (χ4n) is 2.75. The van der Waals surface area contributed by atoms with Gasteiger partial charge in [0.05, 0.1) is 17.2 Å². The summed E-state index contributed by atoms with van der Waals surface area (Å²) in [5, 5.41) is 2.39. The molecule has 4 aromatic rings. The summed E-state index contributed by atoms with van der Waals surface area (Å²) in [5.74, 6) is 0. The van der Waals surface area contributed by atoms with Crippen LogP contribution in [-0.2, 0) is 5.41 Å². The van der Waals surface area contributed by atoms with Crippen LogP contribution in [0.3, 0.4) is 0 Å². The van der Waals surface area contributed by atoms with Crippen molar-refractivity contribution in [2.45, 2.75) is 26.2 Å². The van der Waals surface area contributed by atoms with Gasteiger partial charge in [0.1, 0.15) is 5.65 Å². The molecule has 0 spiro atoms. The number of rotatable bonds is 0. The maximum atomic E-state index is 4.84. The molecule has 3 nitrogen and oxygen atoms in total. The fraction of sp³-hybridized carbons (Fsp3) is 0.222. The van der Waals surface area contributed by atoms with Gasteiger partial charge in [-0.05, 0) is 17.5 Å². The van der Waals surface area contributed by atoms with Gasteiger partial charge in [-0.2, -0.15) is 0 Å². The average molecular weight is 275 g/mol. The molecule has 0 unspecified atom stereocenters. The van der Waals surface area contributed by atoms with E-state index >= 15 is 0 Å². The molecule has 21 heavy (non-hydrogen) atoms. The summed E-state index contributed by atoms with van der Waals surface area (Å²) >= 11 is 0. The van der Waals surface area contributed by atoms with Crippen LogP contribution in [0.1, 0.15) is 26.5 Å². The van der Waals surface area contributed by atoms with Crippen molar-refractivity contribution in [1.82, 2.24) is 14.4 Å². The molecule has 0 bridgehead atoms. The Bertz CT molecular complexity index is 974. The SMILES string of the molecule is CC(C)(C)c1cc2nc3c4ccccc4ccn3c2cn1. The number of hydrogen-bond acceptors (Lipinski definition) is 2. The van der Waals surface area contributed by atoms with E-state index in [9.17, 15) is 0 Å². The number of fused-ring (bicyclic) bond motifs is 5. The highest BCUT2D eigenvalue weighted by molar-refractivity contribution is 5.97. The molecular formula is C18H17N3. The van der Waals surface area contributed by atoms with Crippen molar-refractivity contribution >= 4 is 27.5 Å². The van der Waals surface area contributed by atoms with Gasteiger partial charge in [0.2, 0.25) is 0 Å². The summed E-state index contributed by atoms with van der Waals surface area (Å²) in [6.45, 7) is 6.52. The van der Waals surface area contributed by atoms with E-state index in [-0.39, 0.29) is 5.41 Å². The lowest BCUT2D eigenvalue weighted by atomic mass is 9.91. The summed E-state index contributed by atoms with van der Waals surface area (Å²) in [6, 6.07) is 12.6. The van der Waals surface area contributed by atoms with E-state index in [4.69, 9.17) is 4.98 Å². The van der Waals surface area contributed by atoms with Crippen LogP contribution in [0.2, 0.25) is 0 Å². The van der Waals surface area contributed by atoms with Gasteiger partial charge in [0.25, 0.3) is 0 Å². The average Bonchev–Trinajstić information content (AvgIpc) is 2.84. The highest BCUT2D eigenvalue weighted by atomic mass is 15.0. The normalized spacial score (nSPS) is 12.5. The van der Waals surface area contributed by atoms with Crippen LogP contribution in [0.5, 0.6) is 0 Å². The van der Waals surface area contributed by atoms with Gasteiger partial charge in [-0.3, -0.25) is 9.38 Å². The Morgan fingerprint density at radius 3 is 2.67 bits per heavy atom.